The fourth-order valence-corrected chi connectivity index (χ4v) is 12.1. The number of fused-ring (bicyclic) bond motifs is 17. The van der Waals surface area contributed by atoms with E-state index in [9.17, 15) is 0 Å². The fraction of sp³-hybridized carbons (Fsp3) is 0.0769. The minimum Gasteiger partial charge on any atom is -0.310 e. The molecule has 1 spiro atoms. The SMILES string of the molecule is Cc1ccc(N(c2ccccc2)c2ccc3c4c(c5ccccc5c3c2)-c2c(cc(N(c3ccccc3)c3ccc(C)cc3C)c3ccccc23)C42c3ccccc3-c3ccccc32)c(C)c1. The van der Waals surface area contributed by atoms with E-state index in [1.165, 1.54) is 116 Å². The smallest absolute Gasteiger partial charge is 0.0732 e. The van der Waals surface area contributed by atoms with Gasteiger partial charge in [0, 0.05) is 33.8 Å². The molecule has 2 heteroatoms. The molecule has 0 heterocycles. The summed E-state index contributed by atoms with van der Waals surface area (Å²) >= 11 is 0. The van der Waals surface area contributed by atoms with Gasteiger partial charge in [-0.1, -0.05) is 175 Å². The molecule has 2 aliphatic carbocycles. The van der Waals surface area contributed by atoms with Crippen LogP contribution in [0.15, 0.2) is 218 Å². The zero-order valence-electron chi connectivity index (χ0n) is 38.2. The Kier molecular flexibility index (Phi) is 8.73. The summed E-state index contributed by atoms with van der Waals surface area (Å²) in [4.78, 5) is 4.94. The Labute approximate surface area is 392 Å². The van der Waals surface area contributed by atoms with Crippen LogP contribution in [0.3, 0.4) is 0 Å². The van der Waals surface area contributed by atoms with Crippen molar-refractivity contribution in [1.82, 2.24) is 0 Å². The highest BCUT2D eigenvalue weighted by Gasteiger charge is 2.54. The first-order chi connectivity index (χ1) is 32.9. The lowest BCUT2D eigenvalue weighted by Crippen LogP contribution is -2.26. The molecule has 0 N–H and O–H groups in total. The van der Waals surface area contributed by atoms with Gasteiger partial charge in [0.25, 0.3) is 0 Å². The minimum absolute atomic E-state index is 0.627. The quantitative estimate of drug-likeness (QED) is 0.154. The van der Waals surface area contributed by atoms with Gasteiger partial charge in [-0.05, 0) is 165 Å². The van der Waals surface area contributed by atoms with Crippen molar-refractivity contribution in [3.63, 3.8) is 0 Å². The summed E-state index contributed by atoms with van der Waals surface area (Å²) in [6, 6.07) is 82.1. The van der Waals surface area contributed by atoms with Crippen molar-refractivity contribution in [1.29, 1.82) is 0 Å². The summed E-state index contributed by atoms with van der Waals surface area (Å²) < 4.78 is 0. The van der Waals surface area contributed by atoms with Crippen molar-refractivity contribution in [2.75, 3.05) is 9.80 Å². The van der Waals surface area contributed by atoms with Crippen LogP contribution < -0.4 is 9.80 Å². The van der Waals surface area contributed by atoms with E-state index in [-0.39, 0.29) is 0 Å². The molecule has 0 unspecified atom stereocenters. The molecule has 0 aliphatic heterocycles. The van der Waals surface area contributed by atoms with Crippen LogP contribution in [0.2, 0.25) is 0 Å². The monoisotopic (exact) mass is 856 g/mol. The third-order valence-corrected chi connectivity index (χ3v) is 14.7. The van der Waals surface area contributed by atoms with Crippen LogP contribution in [0.25, 0.3) is 54.6 Å². The third-order valence-electron chi connectivity index (χ3n) is 14.7. The van der Waals surface area contributed by atoms with Crippen LogP contribution in [0, 0.1) is 27.7 Å². The third kappa shape index (κ3) is 5.63. The van der Waals surface area contributed by atoms with Crippen molar-refractivity contribution >= 4 is 66.4 Å². The van der Waals surface area contributed by atoms with Crippen LogP contribution in [-0.2, 0) is 5.41 Å². The number of aryl methyl sites for hydroxylation is 4. The van der Waals surface area contributed by atoms with Crippen LogP contribution in [0.5, 0.6) is 0 Å². The molecular weight excluding hydrogens is 809 g/mol. The molecule has 0 bridgehead atoms. The van der Waals surface area contributed by atoms with Crippen LogP contribution in [0.4, 0.5) is 34.1 Å². The molecule has 0 aromatic heterocycles. The van der Waals surface area contributed by atoms with Gasteiger partial charge in [0.05, 0.1) is 11.1 Å². The van der Waals surface area contributed by atoms with Gasteiger partial charge in [-0.25, -0.2) is 0 Å². The molecule has 2 aliphatic rings. The molecule has 0 saturated heterocycles. The summed E-state index contributed by atoms with van der Waals surface area (Å²) in [6.07, 6.45) is 0. The minimum atomic E-state index is -0.627. The lowest BCUT2D eigenvalue weighted by atomic mass is 9.69. The Morgan fingerprint density at radius 1 is 0.299 bits per heavy atom. The Hall–Kier alpha value is -8.20. The van der Waals surface area contributed by atoms with Crippen LogP contribution in [-0.4, -0.2) is 0 Å². The first-order valence-electron chi connectivity index (χ1n) is 23.5. The van der Waals surface area contributed by atoms with E-state index in [2.05, 4.69) is 256 Å². The summed E-state index contributed by atoms with van der Waals surface area (Å²) in [5.74, 6) is 0. The number of para-hydroxylation sites is 2. The van der Waals surface area contributed by atoms with Crippen molar-refractivity contribution < 1.29 is 0 Å². The van der Waals surface area contributed by atoms with E-state index < -0.39 is 5.41 Å². The van der Waals surface area contributed by atoms with Gasteiger partial charge in [0.15, 0.2) is 0 Å². The summed E-state index contributed by atoms with van der Waals surface area (Å²) in [5.41, 5.74) is 21.9. The molecule has 11 aromatic carbocycles. The molecule has 2 nitrogen and oxygen atoms in total. The number of hydrogen-bond donors (Lipinski definition) is 0. The highest BCUT2D eigenvalue weighted by atomic mass is 15.2. The zero-order valence-corrected chi connectivity index (χ0v) is 38.2. The molecule has 0 radical (unpaired) electrons. The van der Waals surface area contributed by atoms with Gasteiger partial charge in [-0.2, -0.15) is 0 Å². The molecule has 67 heavy (non-hydrogen) atoms. The molecular formula is C65H48N2. The molecule has 318 valence electrons. The number of hydrogen-bond acceptors (Lipinski definition) is 2. The number of anilines is 6. The summed E-state index contributed by atoms with van der Waals surface area (Å²) in [7, 11) is 0. The molecule has 0 saturated carbocycles. The summed E-state index contributed by atoms with van der Waals surface area (Å²) in [5, 5.41) is 7.52. The van der Waals surface area contributed by atoms with Gasteiger partial charge in [0.1, 0.15) is 0 Å². The van der Waals surface area contributed by atoms with E-state index in [1.807, 2.05) is 0 Å². The summed E-state index contributed by atoms with van der Waals surface area (Å²) in [6.45, 7) is 8.84. The predicted octanol–water partition coefficient (Wildman–Crippen LogP) is 17.7. The normalized spacial score (nSPS) is 12.9. The highest BCUT2D eigenvalue weighted by molar-refractivity contribution is 6.24. The van der Waals surface area contributed by atoms with Gasteiger partial charge in [0.2, 0.25) is 0 Å². The van der Waals surface area contributed by atoms with E-state index in [4.69, 9.17) is 0 Å². The van der Waals surface area contributed by atoms with Crippen molar-refractivity contribution in [3.05, 3.63) is 263 Å². The zero-order chi connectivity index (χ0) is 45.0. The second-order valence-corrected chi connectivity index (χ2v) is 18.7. The van der Waals surface area contributed by atoms with E-state index >= 15 is 0 Å². The first-order valence-corrected chi connectivity index (χ1v) is 23.5. The van der Waals surface area contributed by atoms with Gasteiger partial charge >= 0.3 is 0 Å². The topological polar surface area (TPSA) is 6.48 Å². The second kappa shape index (κ2) is 14.9. The Morgan fingerprint density at radius 2 is 0.791 bits per heavy atom. The van der Waals surface area contributed by atoms with Crippen molar-refractivity contribution in [3.8, 4) is 22.3 Å². The fourth-order valence-electron chi connectivity index (χ4n) is 12.1. The van der Waals surface area contributed by atoms with Crippen molar-refractivity contribution in [2.24, 2.45) is 0 Å². The maximum absolute atomic E-state index is 2.58. The standard InChI is InChI=1S/C65H48N2/c1-41-31-35-59(43(3)37-41)66(45-19-7-5-8-20-45)47-33-34-54-55(39-47)48-23-11-13-27-52(48)63-62-53-28-14-12-26-51(53)61(67(46-21-9-6-10-22-46)60-36-32-42(2)38-44(60)4)40-58(62)65(64(54)63)56-29-17-15-24-49(56)50-25-16-18-30-57(50)65/h5-40H,1-4H3. The number of nitrogens with zero attached hydrogens (tertiary/aromatic N) is 2. The molecule has 0 atom stereocenters. The lowest BCUT2D eigenvalue weighted by Gasteiger charge is -2.34. The van der Waals surface area contributed by atoms with E-state index in [0.29, 0.717) is 0 Å². The van der Waals surface area contributed by atoms with Crippen LogP contribution >= 0.6 is 0 Å². The highest BCUT2D eigenvalue weighted by Crippen LogP contribution is 2.67. The van der Waals surface area contributed by atoms with Crippen molar-refractivity contribution in [2.45, 2.75) is 33.1 Å². The van der Waals surface area contributed by atoms with Crippen LogP contribution in [0.1, 0.15) is 44.5 Å². The Balaban J connectivity index is 1.20. The van der Waals surface area contributed by atoms with Gasteiger partial charge < -0.3 is 9.80 Å². The number of benzene rings is 11. The van der Waals surface area contributed by atoms with E-state index in [0.717, 1.165) is 17.1 Å². The molecule has 0 fully saturated rings. The predicted molar refractivity (Wildman–Crippen MR) is 284 cm³/mol. The molecule has 13 rings (SSSR count). The molecule has 0 amide bonds. The van der Waals surface area contributed by atoms with E-state index in [1.54, 1.807) is 0 Å². The average Bonchev–Trinajstić information content (AvgIpc) is 3.84. The second-order valence-electron chi connectivity index (χ2n) is 18.7. The van der Waals surface area contributed by atoms with Gasteiger partial charge in [-0.3, -0.25) is 0 Å². The number of rotatable bonds is 6. The Morgan fingerprint density at radius 3 is 1.39 bits per heavy atom. The maximum Gasteiger partial charge on any atom is 0.0732 e. The first kappa shape index (κ1) is 39.2. The lowest BCUT2D eigenvalue weighted by molar-refractivity contribution is 0.802. The largest absolute Gasteiger partial charge is 0.310 e. The average molecular weight is 857 g/mol. The molecule has 11 aromatic rings. The van der Waals surface area contributed by atoms with Gasteiger partial charge in [-0.15, -0.1) is 0 Å². The maximum atomic E-state index is 2.58. The Bertz CT molecular complexity index is 3760.